The summed E-state index contributed by atoms with van der Waals surface area (Å²) in [5, 5.41) is 9.31. The van der Waals surface area contributed by atoms with Gasteiger partial charge in [0.1, 0.15) is 5.82 Å². The summed E-state index contributed by atoms with van der Waals surface area (Å²) >= 11 is 5.71. The second-order valence-corrected chi connectivity index (χ2v) is 6.84. The van der Waals surface area contributed by atoms with Gasteiger partial charge in [0.25, 0.3) is 0 Å². The summed E-state index contributed by atoms with van der Waals surface area (Å²) in [5.41, 5.74) is 0.463. The van der Waals surface area contributed by atoms with Gasteiger partial charge in [0.05, 0.1) is 23.5 Å². The molecule has 1 fully saturated rings. The largest absolute Gasteiger partial charge is 0.505 e. The molecule has 0 aliphatic carbocycles. The summed E-state index contributed by atoms with van der Waals surface area (Å²) in [7, 11) is 1.63. The summed E-state index contributed by atoms with van der Waals surface area (Å²) < 4.78 is 13.7. The number of carbonyl (C=O) groups excluding carboxylic acids is 1. The van der Waals surface area contributed by atoms with Crippen molar-refractivity contribution in [1.29, 1.82) is 0 Å². The third-order valence-electron chi connectivity index (χ3n) is 4.75. The van der Waals surface area contributed by atoms with Crippen LogP contribution in [0.25, 0.3) is 0 Å². The number of anilines is 2. The fraction of sp³-hybridized carbons (Fsp3) is 0.389. The molecule has 0 radical (unpaired) electrons. The number of nitrogens with zero attached hydrogens (tertiary/aromatic N) is 5. The van der Waals surface area contributed by atoms with E-state index in [4.69, 9.17) is 11.6 Å². The van der Waals surface area contributed by atoms with Crippen LogP contribution in [-0.4, -0.2) is 65.2 Å². The Balaban J connectivity index is 1.60. The lowest BCUT2D eigenvalue weighted by Gasteiger charge is -2.38. The van der Waals surface area contributed by atoms with E-state index in [1.54, 1.807) is 13.1 Å². The van der Waals surface area contributed by atoms with Crippen molar-refractivity contribution in [3.63, 3.8) is 0 Å². The molecule has 1 saturated heterocycles. The van der Waals surface area contributed by atoms with Gasteiger partial charge in [-0.3, -0.25) is 9.69 Å². The molecule has 1 aromatic heterocycles. The Bertz CT molecular complexity index is 812. The molecule has 0 saturated carbocycles. The lowest BCUT2D eigenvalue weighted by molar-refractivity contribution is -0.123. The summed E-state index contributed by atoms with van der Waals surface area (Å²) in [6, 6.07) is 3.97. The first kappa shape index (κ1) is 19.3. The molecule has 7 nitrogen and oxygen atoms in total. The Kier molecular flexibility index (Phi) is 5.76. The smallest absolute Gasteiger partial charge is 0.243 e. The molecule has 0 bridgehead atoms. The van der Waals surface area contributed by atoms with Crippen molar-refractivity contribution in [3.8, 4) is 5.75 Å². The van der Waals surface area contributed by atoms with Gasteiger partial charge in [-0.05, 0) is 25.1 Å². The second-order valence-electron chi connectivity index (χ2n) is 6.44. The molecule has 2 aromatic rings. The van der Waals surface area contributed by atoms with Crippen LogP contribution in [0.15, 0.2) is 30.6 Å². The predicted octanol–water partition coefficient (Wildman–Crippen LogP) is 2.15. The van der Waals surface area contributed by atoms with E-state index in [2.05, 4.69) is 14.9 Å². The Morgan fingerprint density at radius 3 is 2.48 bits per heavy atom. The van der Waals surface area contributed by atoms with Gasteiger partial charge in [0, 0.05) is 38.9 Å². The number of likely N-dealkylation sites (N-methyl/N-ethyl adjacent to an activating group) is 1. The summed E-state index contributed by atoms with van der Waals surface area (Å²) in [6.45, 7) is 4.51. The van der Waals surface area contributed by atoms with E-state index in [9.17, 15) is 14.3 Å². The van der Waals surface area contributed by atoms with Crippen molar-refractivity contribution in [2.24, 2.45) is 0 Å². The molecule has 1 aromatic carbocycles. The van der Waals surface area contributed by atoms with E-state index in [1.807, 2.05) is 11.8 Å². The van der Waals surface area contributed by atoms with Crippen LogP contribution in [0.3, 0.4) is 0 Å². The van der Waals surface area contributed by atoms with Crippen molar-refractivity contribution >= 4 is 29.1 Å². The predicted molar refractivity (Wildman–Crippen MR) is 102 cm³/mol. The lowest BCUT2D eigenvalue weighted by atomic mass is 10.2. The third-order valence-corrected chi connectivity index (χ3v) is 5.05. The van der Waals surface area contributed by atoms with Gasteiger partial charge >= 0.3 is 0 Å². The van der Waals surface area contributed by atoms with Gasteiger partial charge < -0.3 is 14.9 Å². The number of aromatic hydroxyl groups is 1. The van der Waals surface area contributed by atoms with Crippen molar-refractivity contribution in [2.75, 3.05) is 43.0 Å². The molecule has 1 amide bonds. The van der Waals surface area contributed by atoms with E-state index in [0.29, 0.717) is 37.8 Å². The van der Waals surface area contributed by atoms with Crippen molar-refractivity contribution in [3.05, 3.63) is 41.4 Å². The number of carbonyl (C=O) groups is 1. The minimum absolute atomic E-state index is 0.0262. The Morgan fingerprint density at radius 1 is 1.26 bits per heavy atom. The Morgan fingerprint density at radius 2 is 1.89 bits per heavy atom. The number of halogens is 2. The maximum Gasteiger partial charge on any atom is 0.243 e. The van der Waals surface area contributed by atoms with E-state index in [0.717, 1.165) is 0 Å². The van der Waals surface area contributed by atoms with Gasteiger partial charge in [0.2, 0.25) is 11.9 Å². The molecular weight excluding hydrogens is 373 g/mol. The highest BCUT2D eigenvalue weighted by atomic mass is 35.5. The Labute approximate surface area is 162 Å². The standard InChI is InChI=1S/C18H21ClFN5O2/c1-12(17(27)23(2)13-3-4-15(19)16(20)9-13)24-5-7-25(8-6-24)18-21-10-14(26)11-22-18/h3-4,9-12,26H,5-8H2,1-2H3. The highest BCUT2D eigenvalue weighted by molar-refractivity contribution is 6.30. The van der Waals surface area contributed by atoms with Crippen LogP contribution in [0.1, 0.15) is 6.92 Å². The van der Waals surface area contributed by atoms with Crippen LogP contribution >= 0.6 is 11.6 Å². The zero-order valence-electron chi connectivity index (χ0n) is 15.1. The van der Waals surface area contributed by atoms with Crippen molar-refractivity contribution in [1.82, 2.24) is 14.9 Å². The normalized spacial score (nSPS) is 16.2. The van der Waals surface area contributed by atoms with Gasteiger partial charge in [-0.15, -0.1) is 0 Å². The zero-order chi connectivity index (χ0) is 19.6. The van der Waals surface area contributed by atoms with Crippen LogP contribution in [0.4, 0.5) is 16.0 Å². The number of hydrogen-bond acceptors (Lipinski definition) is 6. The first-order chi connectivity index (χ1) is 12.9. The van der Waals surface area contributed by atoms with Crippen LogP contribution in [0.5, 0.6) is 5.75 Å². The molecule has 1 N–H and O–H groups in total. The van der Waals surface area contributed by atoms with Gasteiger partial charge in [-0.2, -0.15) is 0 Å². The fourth-order valence-electron chi connectivity index (χ4n) is 3.04. The summed E-state index contributed by atoms with van der Waals surface area (Å²) in [4.78, 5) is 26.5. The van der Waals surface area contributed by atoms with E-state index >= 15 is 0 Å². The van der Waals surface area contributed by atoms with Crippen molar-refractivity contribution < 1.29 is 14.3 Å². The molecule has 9 heteroatoms. The number of rotatable bonds is 4. The average Bonchev–Trinajstić information content (AvgIpc) is 2.69. The molecule has 1 aliphatic heterocycles. The van der Waals surface area contributed by atoms with Crippen LogP contribution in [0.2, 0.25) is 5.02 Å². The van der Waals surface area contributed by atoms with Gasteiger partial charge in [-0.1, -0.05) is 11.6 Å². The maximum absolute atomic E-state index is 13.7. The Hall–Kier alpha value is -2.45. The number of aromatic nitrogens is 2. The minimum Gasteiger partial charge on any atom is -0.505 e. The molecule has 1 atom stereocenters. The number of piperazine rings is 1. The average molecular weight is 394 g/mol. The lowest BCUT2D eigenvalue weighted by Crippen LogP contribution is -2.54. The van der Waals surface area contributed by atoms with E-state index < -0.39 is 5.82 Å². The highest BCUT2D eigenvalue weighted by Gasteiger charge is 2.29. The maximum atomic E-state index is 13.7. The molecule has 1 aliphatic rings. The van der Waals surface area contributed by atoms with Gasteiger partial charge in [-0.25, -0.2) is 14.4 Å². The molecule has 2 heterocycles. The molecule has 27 heavy (non-hydrogen) atoms. The summed E-state index contributed by atoms with van der Waals surface area (Å²) in [6.07, 6.45) is 2.72. The van der Waals surface area contributed by atoms with Crippen LogP contribution < -0.4 is 9.80 Å². The van der Waals surface area contributed by atoms with Gasteiger partial charge in [0.15, 0.2) is 5.75 Å². The zero-order valence-corrected chi connectivity index (χ0v) is 15.9. The van der Waals surface area contributed by atoms with Crippen LogP contribution in [-0.2, 0) is 4.79 Å². The van der Waals surface area contributed by atoms with Crippen LogP contribution in [0, 0.1) is 5.82 Å². The fourth-order valence-corrected chi connectivity index (χ4v) is 3.16. The molecule has 0 spiro atoms. The quantitative estimate of drug-likeness (QED) is 0.858. The SMILES string of the molecule is CC(C(=O)N(C)c1ccc(Cl)c(F)c1)N1CCN(c2ncc(O)cn2)CC1. The third kappa shape index (κ3) is 4.28. The second kappa shape index (κ2) is 8.06. The topological polar surface area (TPSA) is 72.8 Å². The number of benzene rings is 1. The molecular formula is C18H21ClFN5O2. The molecule has 144 valence electrons. The summed E-state index contributed by atoms with van der Waals surface area (Å²) in [5.74, 6) is -0.0893. The highest BCUT2D eigenvalue weighted by Crippen LogP contribution is 2.22. The minimum atomic E-state index is -0.552. The van der Waals surface area contributed by atoms with E-state index in [-0.39, 0.29) is 22.7 Å². The first-order valence-corrected chi connectivity index (χ1v) is 8.97. The monoisotopic (exact) mass is 393 g/mol. The number of hydrogen-bond donors (Lipinski definition) is 1. The molecule has 1 unspecified atom stereocenters. The molecule has 3 rings (SSSR count). The van der Waals surface area contributed by atoms with E-state index in [1.165, 1.54) is 29.4 Å². The number of amides is 1. The first-order valence-electron chi connectivity index (χ1n) is 8.59. The van der Waals surface area contributed by atoms with Crippen molar-refractivity contribution in [2.45, 2.75) is 13.0 Å².